The van der Waals surface area contributed by atoms with E-state index < -0.39 is 27.4 Å². The van der Waals surface area contributed by atoms with Gasteiger partial charge in [-0.3, -0.25) is 13.8 Å². The van der Waals surface area contributed by atoms with Crippen molar-refractivity contribution in [3.8, 4) is 0 Å². The number of ketones is 1. The summed E-state index contributed by atoms with van der Waals surface area (Å²) in [5, 5.41) is -0.833. The second kappa shape index (κ2) is 6.24. The highest BCUT2D eigenvalue weighted by molar-refractivity contribution is 7.86. The molecule has 0 spiro atoms. The van der Waals surface area contributed by atoms with Crippen LogP contribution < -0.4 is 0 Å². The summed E-state index contributed by atoms with van der Waals surface area (Å²) in [6.45, 7) is 3.97. The monoisotopic (exact) mass is 330 g/mol. The first-order valence-electron chi connectivity index (χ1n) is 7.52. The van der Waals surface area contributed by atoms with Crippen LogP contribution in [0.1, 0.15) is 12.8 Å². The van der Waals surface area contributed by atoms with Crippen molar-refractivity contribution < 1.29 is 18.5 Å². The van der Waals surface area contributed by atoms with Gasteiger partial charge < -0.3 is 4.74 Å². The molecule has 120 valence electrons. The second-order valence-electron chi connectivity index (χ2n) is 5.97. The summed E-state index contributed by atoms with van der Waals surface area (Å²) < 4.78 is 18.3. The molecule has 2 aliphatic rings. The Morgan fingerprint density at radius 2 is 2.04 bits per heavy atom. The zero-order valence-electron chi connectivity index (χ0n) is 12.6. The van der Waals surface area contributed by atoms with Crippen molar-refractivity contribution >= 4 is 22.6 Å². The van der Waals surface area contributed by atoms with E-state index in [0.29, 0.717) is 11.3 Å². The largest absolute Gasteiger partial charge is 0.464 e. The Kier molecular flexibility index (Phi) is 4.31. The molecule has 0 saturated carbocycles. The molecule has 0 aromatic heterocycles. The first-order chi connectivity index (χ1) is 11.1. The molecule has 1 aromatic rings. The van der Waals surface area contributed by atoms with Crippen LogP contribution >= 0.6 is 0 Å². The van der Waals surface area contributed by atoms with Crippen LogP contribution in [0.3, 0.4) is 0 Å². The van der Waals surface area contributed by atoms with E-state index in [1.807, 2.05) is 12.1 Å². The Labute approximate surface area is 137 Å². The number of benzene rings is 1. The van der Waals surface area contributed by atoms with Crippen LogP contribution in [-0.4, -0.2) is 27.8 Å². The van der Waals surface area contributed by atoms with Crippen molar-refractivity contribution in [2.24, 2.45) is 11.3 Å². The summed E-state index contributed by atoms with van der Waals surface area (Å²) in [7, 11) is -1.56. The molecule has 1 aliphatic carbocycles. The summed E-state index contributed by atoms with van der Waals surface area (Å²) in [5.41, 5.74) is -0.487. The molecule has 4 atom stereocenters. The molecule has 3 rings (SSSR count). The molecule has 1 aromatic carbocycles. The third kappa shape index (κ3) is 2.81. The highest BCUT2D eigenvalue weighted by Crippen LogP contribution is 2.46. The summed E-state index contributed by atoms with van der Waals surface area (Å²) in [4.78, 5) is 24.8. The summed E-state index contributed by atoms with van der Waals surface area (Å²) in [6.07, 6.45) is 5.91. The quantitative estimate of drug-likeness (QED) is 0.628. The van der Waals surface area contributed by atoms with E-state index in [2.05, 4.69) is 6.58 Å². The van der Waals surface area contributed by atoms with E-state index in [1.54, 1.807) is 36.4 Å². The molecule has 1 fully saturated rings. The molecule has 1 heterocycles. The fourth-order valence-electron chi connectivity index (χ4n) is 3.37. The summed E-state index contributed by atoms with van der Waals surface area (Å²) >= 11 is 0. The molecule has 0 N–H and O–H groups in total. The van der Waals surface area contributed by atoms with Gasteiger partial charge in [0.1, 0.15) is 11.9 Å². The van der Waals surface area contributed by atoms with Crippen molar-refractivity contribution in [2.75, 3.05) is 6.61 Å². The first kappa shape index (κ1) is 15.9. The number of hydrogen-bond donors (Lipinski definition) is 0. The molecule has 1 aliphatic heterocycles. The average Bonchev–Trinajstić information content (AvgIpc) is 2.56. The van der Waals surface area contributed by atoms with Crippen LogP contribution in [0, 0.1) is 11.3 Å². The standard InChI is InChI=1S/C18H18O4S/c1-2-9-18-10-8-13(19)11-15(18)16(17(20)22-12-18)23(21)14-6-4-3-5-7-14/h2-8,10,15-16H,1,9,11-12H2/t15-,16-,18+,23?/m0/s1. The summed E-state index contributed by atoms with van der Waals surface area (Å²) in [5.74, 6) is -0.861. The van der Waals surface area contributed by atoms with E-state index in [-0.39, 0.29) is 24.7 Å². The number of rotatable bonds is 4. The zero-order valence-corrected chi connectivity index (χ0v) is 13.5. The molecule has 4 nitrogen and oxygen atoms in total. The Hall–Kier alpha value is -2.01. The Morgan fingerprint density at radius 1 is 1.30 bits per heavy atom. The van der Waals surface area contributed by atoms with Gasteiger partial charge >= 0.3 is 5.97 Å². The van der Waals surface area contributed by atoms with Gasteiger partial charge in [0.05, 0.1) is 10.8 Å². The smallest absolute Gasteiger partial charge is 0.322 e. The van der Waals surface area contributed by atoms with Gasteiger partial charge in [0.2, 0.25) is 0 Å². The number of hydrogen-bond acceptors (Lipinski definition) is 4. The highest BCUT2D eigenvalue weighted by Gasteiger charge is 2.53. The highest BCUT2D eigenvalue weighted by atomic mass is 32.2. The molecule has 0 bridgehead atoms. The van der Waals surface area contributed by atoms with Crippen molar-refractivity contribution in [2.45, 2.75) is 23.0 Å². The minimum atomic E-state index is -1.56. The number of esters is 1. The van der Waals surface area contributed by atoms with Gasteiger partial charge in [-0.2, -0.15) is 0 Å². The van der Waals surface area contributed by atoms with Gasteiger partial charge in [0, 0.05) is 22.6 Å². The lowest BCUT2D eigenvalue weighted by molar-refractivity contribution is -0.156. The zero-order chi connectivity index (χ0) is 16.4. The van der Waals surface area contributed by atoms with Crippen LogP contribution in [0.4, 0.5) is 0 Å². The SMILES string of the molecule is C=CC[C@]12C=CC(=O)C[C@H]1[C@H](S(=O)c1ccccc1)C(=O)OC2. The number of ether oxygens (including phenoxy) is 1. The maximum atomic E-state index is 13.0. The van der Waals surface area contributed by atoms with E-state index in [4.69, 9.17) is 4.74 Å². The van der Waals surface area contributed by atoms with Crippen LogP contribution in [-0.2, 0) is 25.1 Å². The molecule has 0 radical (unpaired) electrons. The van der Waals surface area contributed by atoms with Gasteiger partial charge in [0.25, 0.3) is 0 Å². The van der Waals surface area contributed by atoms with Gasteiger partial charge in [-0.05, 0) is 24.6 Å². The molecule has 1 unspecified atom stereocenters. The van der Waals surface area contributed by atoms with Crippen LogP contribution in [0.15, 0.2) is 60.0 Å². The van der Waals surface area contributed by atoms with Crippen molar-refractivity contribution in [1.82, 2.24) is 0 Å². The predicted molar refractivity (Wildman–Crippen MR) is 87.1 cm³/mol. The van der Waals surface area contributed by atoms with Crippen molar-refractivity contribution in [3.63, 3.8) is 0 Å². The lowest BCUT2D eigenvalue weighted by Crippen LogP contribution is -2.53. The predicted octanol–water partition coefficient (Wildman–Crippen LogP) is 2.43. The topological polar surface area (TPSA) is 60.4 Å². The van der Waals surface area contributed by atoms with Crippen molar-refractivity contribution in [1.29, 1.82) is 0 Å². The van der Waals surface area contributed by atoms with Gasteiger partial charge in [-0.15, -0.1) is 6.58 Å². The Balaban J connectivity index is 2.02. The maximum Gasteiger partial charge on any atom is 0.322 e. The van der Waals surface area contributed by atoms with E-state index in [1.165, 1.54) is 0 Å². The van der Waals surface area contributed by atoms with Crippen molar-refractivity contribution in [3.05, 3.63) is 55.1 Å². The summed E-state index contributed by atoms with van der Waals surface area (Å²) in [6, 6.07) is 8.85. The average molecular weight is 330 g/mol. The van der Waals surface area contributed by atoms with Gasteiger partial charge in [-0.1, -0.05) is 30.4 Å². The number of allylic oxidation sites excluding steroid dienone is 2. The minimum Gasteiger partial charge on any atom is -0.464 e. The normalized spacial score (nSPS) is 31.1. The van der Waals surface area contributed by atoms with E-state index in [9.17, 15) is 13.8 Å². The molecule has 5 heteroatoms. The molecule has 23 heavy (non-hydrogen) atoms. The molecular formula is C18H18O4S. The fourth-order valence-corrected chi connectivity index (χ4v) is 5.00. The minimum absolute atomic E-state index is 0.0422. The first-order valence-corrected chi connectivity index (χ1v) is 8.74. The van der Waals surface area contributed by atoms with Gasteiger partial charge in [0.15, 0.2) is 5.78 Å². The van der Waals surface area contributed by atoms with E-state index in [0.717, 1.165) is 0 Å². The Bertz CT molecular complexity index is 694. The number of carbonyl (C=O) groups is 2. The van der Waals surface area contributed by atoms with Crippen LogP contribution in [0.2, 0.25) is 0 Å². The molecule has 0 amide bonds. The lowest BCUT2D eigenvalue weighted by atomic mass is 9.65. The lowest BCUT2D eigenvalue weighted by Gasteiger charge is -2.45. The van der Waals surface area contributed by atoms with Crippen LogP contribution in [0.25, 0.3) is 0 Å². The third-order valence-electron chi connectivity index (χ3n) is 4.57. The molecular weight excluding hydrogens is 312 g/mol. The number of fused-ring (bicyclic) bond motifs is 1. The Morgan fingerprint density at radius 3 is 2.74 bits per heavy atom. The third-order valence-corrected chi connectivity index (χ3v) is 6.29. The van der Waals surface area contributed by atoms with E-state index >= 15 is 0 Å². The molecule has 1 saturated heterocycles. The number of cyclic esters (lactones) is 1. The second-order valence-corrected chi connectivity index (χ2v) is 7.55. The fraction of sp³-hybridized carbons (Fsp3) is 0.333. The van der Waals surface area contributed by atoms with Gasteiger partial charge in [-0.25, -0.2) is 0 Å². The maximum absolute atomic E-state index is 13.0. The number of carbonyl (C=O) groups excluding carboxylic acids is 2. The van der Waals surface area contributed by atoms with Crippen LogP contribution in [0.5, 0.6) is 0 Å².